The molecule has 2 saturated heterocycles. The average Bonchev–Trinajstić information content (AvgIpc) is 3.27. The molecule has 2 aliphatic rings. The first-order valence-electron chi connectivity index (χ1n) is 10.6. The predicted molar refractivity (Wildman–Crippen MR) is 118 cm³/mol. The highest BCUT2D eigenvalue weighted by Gasteiger charge is 2.22. The lowest BCUT2D eigenvalue weighted by Crippen LogP contribution is -2.48. The van der Waals surface area contributed by atoms with Crippen molar-refractivity contribution in [1.82, 2.24) is 24.6 Å². The standard InChI is InChI=1S/C21H25N7O4/c1-31-20-23-18(26-8-10-32-11-9-26)13-19(24-20)28-17-12-16(3-2-15(17)14-22-28)25-4-6-27(7-5-25)21(29)30/h2-3,12-14H,4-11H2,1H3,(H,29,30). The third-order valence-corrected chi connectivity index (χ3v) is 5.88. The van der Waals surface area contributed by atoms with E-state index in [2.05, 4.69) is 30.9 Å². The van der Waals surface area contributed by atoms with Gasteiger partial charge in [-0.05, 0) is 18.2 Å². The van der Waals surface area contributed by atoms with Crippen LogP contribution in [0, 0.1) is 0 Å². The number of ether oxygens (including phenoxy) is 2. The van der Waals surface area contributed by atoms with Gasteiger partial charge in [0.2, 0.25) is 0 Å². The van der Waals surface area contributed by atoms with Gasteiger partial charge in [0.25, 0.3) is 0 Å². The Morgan fingerprint density at radius 3 is 2.47 bits per heavy atom. The topological polar surface area (TPSA) is 109 Å². The molecule has 0 bridgehead atoms. The maximum atomic E-state index is 11.2. The summed E-state index contributed by atoms with van der Waals surface area (Å²) < 4.78 is 12.6. The summed E-state index contributed by atoms with van der Waals surface area (Å²) >= 11 is 0. The first-order chi connectivity index (χ1) is 15.6. The predicted octanol–water partition coefficient (Wildman–Crippen LogP) is 1.46. The van der Waals surface area contributed by atoms with Gasteiger partial charge in [-0.2, -0.15) is 15.1 Å². The number of hydrogen-bond acceptors (Lipinski definition) is 8. The molecule has 1 aromatic carbocycles. The molecule has 0 radical (unpaired) electrons. The van der Waals surface area contributed by atoms with Crippen molar-refractivity contribution in [3.63, 3.8) is 0 Å². The van der Waals surface area contributed by atoms with Crippen molar-refractivity contribution in [3.05, 3.63) is 30.5 Å². The Kier molecular flexibility index (Phi) is 5.39. The monoisotopic (exact) mass is 439 g/mol. The molecule has 0 saturated carbocycles. The van der Waals surface area contributed by atoms with Gasteiger partial charge in [0.1, 0.15) is 5.82 Å². The molecule has 11 nitrogen and oxygen atoms in total. The number of piperazine rings is 1. The molecule has 0 spiro atoms. The summed E-state index contributed by atoms with van der Waals surface area (Å²) in [5.41, 5.74) is 1.94. The number of hydrogen-bond donors (Lipinski definition) is 1. The van der Waals surface area contributed by atoms with Crippen LogP contribution in [0.5, 0.6) is 6.01 Å². The summed E-state index contributed by atoms with van der Waals surface area (Å²) in [5.74, 6) is 1.40. The van der Waals surface area contributed by atoms with Crippen molar-refractivity contribution in [2.45, 2.75) is 0 Å². The van der Waals surface area contributed by atoms with E-state index >= 15 is 0 Å². The zero-order valence-electron chi connectivity index (χ0n) is 17.8. The maximum Gasteiger partial charge on any atom is 0.407 e. The summed E-state index contributed by atoms with van der Waals surface area (Å²) in [6.07, 6.45) is 0.941. The zero-order chi connectivity index (χ0) is 22.1. The second-order valence-electron chi connectivity index (χ2n) is 7.73. The van der Waals surface area contributed by atoms with E-state index < -0.39 is 6.09 Å². The Labute approximate surface area is 184 Å². The third kappa shape index (κ3) is 3.86. The number of aromatic nitrogens is 4. The van der Waals surface area contributed by atoms with Gasteiger partial charge in [-0.15, -0.1) is 0 Å². The van der Waals surface area contributed by atoms with Crippen LogP contribution in [0.2, 0.25) is 0 Å². The molecule has 0 atom stereocenters. The summed E-state index contributed by atoms with van der Waals surface area (Å²) in [5, 5.41) is 14.8. The quantitative estimate of drug-likeness (QED) is 0.646. The van der Waals surface area contributed by atoms with Crippen molar-refractivity contribution >= 4 is 28.5 Å². The van der Waals surface area contributed by atoms with Crippen molar-refractivity contribution in [2.75, 3.05) is 69.4 Å². The van der Waals surface area contributed by atoms with Gasteiger partial charge in [-0.1, -0.05) is 0 Å². The van der Waals surface area contributed by atoms with Crippen LogP contribution in [0.25, 0.3) is 16.7 Å². The molecule has 2 fully saturated rings. The number of nitrogens with zero attached hydrogens (tertiary/aromatic N) is 7. The Morgan fingerprint density at radius 1 is 1.00 bits per heavy atom. The minimum absolute atomic E-state index is 0.286. The van der Waals surface area contributed by atoms with Crippen LogP contribution in [0.15, 0.2) is 30.5 Å². The molecule has 32 heavy (non-hydrogen) atoms. The molecule has 4 heterocycles. The van der Waals surface area contributed by atoms with Gasteiger partial charge in [-0.3, -0.25) is 0 Å². The highest BCUT2D eigenvalue weighted by Crippen LogP contribution is 2.27. The number of methoxy groups -OCH3 is 1. The lowest BCUT2D eigenvalue weighted by molar-refractivity contribution is 0.122. The molecule has 5 rings (SSSR count). The van der Waals surface area contributed by atoms with E-state index in [1.54, 1.807) is 11.8 Å². The van der Waals surface area contributed by atoms with Crippen molar-refractivity contribution in [2.24, 2.45) is 0 Å². The van der Waals surface area contributed by atoms with E-state index in [-0.39, 0.29) is 6.01 Å². The number of rotatable bonds is 4. The third-order valence-electron chi connectivity index (χ3n) is 5.88. The highest BCUT2D eigenvalue weighted by atomic mass is 16.5. The van der Waals surface area contributed by atoms with E-state index in [0.717, 1.165) is 35.5 Å². The molecule has 2 aliphatic heterocycles. The number of amides is 1. The fourth-order valence-corrected chi connectivity index (χ4v) is 4.10. The SMILES string of the molecule is COc1nc(N2CCOCC2)cc(-n2ncc3ccc(N4CCN(C(=O)O)CC4)cc32)n1. The Balaban J connectivity index is 1.48. The summed E-state index contributed by atoms with van der Waals surface area (Å²) in [7, 11) is 1.55. The fraction of sp³-hybridized carbons (Fsp3) is 0.429. The molecule has 11 heteroatoms. The van der Waals surface area contributed by atoms with E-state index in [9.17, 15) is 9.90 Å². The number of carbonyl (C=O) groups is 1. The van der Waals surface area contributed by atoms with Crippen LogP contribution < -0.4 is 14.5 Å². The van der Waals surface area contributed by atoms with Crippen LogP contribution in [-0.4, -0.2) is 95.4 Å². The number of fused-ring (bicyclic) bond motifs is 1. The highest BCUT2D eigenvalue weighted by molar-refractivity contribution is 5.84. The van der Waals surface area contributed by atoms with Crippen LogP contribution in [0.1, 0.15) is 0 Å². The smallest absolute Gasteiger partial charge is 0.407 e. The Bertz CT molecular complexity index is 1120. The first kappa shape index (κ1) is 20.3. The van der Waals surface area contributed by atoms with Gasteiger partial charge in [0.15, 0.2) is 5.82 Å². The van der Waals surface area contributed by atoms with E-state index in [0.29, 0.717) is 45.2 Å². The average molecular weight is 439 g/mol. The minimum Gasteiger partial charge on any atom is -0.467 e. The molecule has 2 aromatic heterocycles. The van der Waals surface area contributed by atoms with Crippen LogP contribution in [0.3, 0.4) is 0 Å². The summed E-state index contributed by atoms with van der Waals surface area (Å²) in [6.45, 7) is 5.09. The van der Waals surface area contributed by atoms with Gasteiger partial charge in [-0.25, -0.2) is 9.48 Å². The summed E-state index contributed by atoms with van der Waals surface area (Å²) in [6, 6.07) is 8.35. The minimum atomic E-state index is -0.869. The van der Waals surface area contributed by atoms with Crippen LogP contribution in [0.4, 0.5) is 16.3 Å². The van der Waals surface area contributed by atoms with Gasteiger partial charge >= 0.3 is 12.1 Å². The molecule has 0 aliphatic carbocycles. The largest absolute Gasteiger partial charge is 0.467 e. The molecular formula is C21H25N7O4. The molecule has 168 valence electrons. The van der Waals surface area contributed by atoms with E-state index in [1.807, 2.05) is 24.4 Å². The Morgan fingerprint density at radius 2 is 1.75 bits per heavy atom. The van der Waals surface area contributed by atoms with Gasteiger partial charge < -0.3 is 29.3 Å². The lowest BCUT2D eigenvalue weighted by atomic mass is 10.2. The molecule has 1 amide bonds. The summed E-state index contributed by atoms with van der Waals surface area (Å²) in [4.78, 5) is 26.0. The maximum absolute atomic E-state index is 11.2. The molecule has 3 aromatic rings. The Hall–Kier alpha value is -3.60. The van der Waals surface area contributed by atoms with Crippen molar-refractivity contribution < 1.29 is 19.4 Å². The normalized spacial score (nSPS) is 17.1. The number of morpholine rings is 1. The van der Waals surface area contributed by atoms with E-state index in [4.69, 9.17) is 9.47 Å². The number of carboxylic acid groups (broad SMARTS) is 1. The fourth-order valence-electron chi connectivity index (χ4n) is 4.10. The first-order valence-corrected chi connectivity index (χ1v) is 10.6. The molecule has 0 unspecified atom stereocenters. The molecular weight excluding hydrogens is 414 g/mol. The van der Waals surface area contributed by atoms with Crippen molar-refractivity contribution in [3.8, 4) is 11.8 Å². The van der Waals surface area contributed by atoms with Gasteiger partial charge in [0, 0.05) is 56.4 Å². The number of benzene rings is 1. The van der Waals surface area contributed by atoms with Crippen LogP contribution >= 0.6 is 0 Å². The zero-order valence-corrected chi connectivity index (χ0v) is 17.8. The number of anilines is 2. The van der Waals surface area contributed by atoms with E-state index in [1.165, 1.54) is 4.90 Å². The lowest BCUT2D eigenvalue weighted by Gasteiger charge is -2.34. The second kappa shape index (κ2) is 8.50. The second-order valence-corrected chi connectivity index (χ2v) is 7.73. The van der Waals surface area contributed by atoms with Crippen LogP contribution in [-0.2, 0) is 4.74 Å². The molecule has 1 N–H and O–H groups in total. The van der Waals surface area contributed by atoms with Gasteiger partial charge in [0.05, 0.1) is 32.0 Å². The van der Waals surface area contributed by atoms with Crippen molar-refractivity contribution in [1.29, 1.82) is 0 Å².